The van der Waals surface area contributed by atoms with E-state index in [-0.39, 0.29) is 11.9 Å². The van der Waals surface area contributed by atoms with Crippen LogP contribution in [0.15, 0.2) is 0 Å². The Balaban J connectivity index is 4.11. The topological polar surface area (TPSA) is 58.4 Å². The maximum Gasteiger partial charge on any atom is 0.239 e. The molecule has 4 nitrogen and oxygen atoms in total. The van der Waals surface area contributed by atoms with Crippen molar-refractivity contribution in [1.29, 1.82) is 0 Å². The summed E-state index contributed by atoms with van der Waals surface area (Å²) < 4.78 is 0. The van der Waals surface area contributed by atoms with E-state index in [0.29, 0.717) is 12.5 Å². The van der Waals surface area contributed by atoms with E-state index in [1.807, 2.05) is 0 Å². The van der Waals surface area contributed by atoms with Gasteiger partial charge in [0.05, 0.1) is 6.04 Å². The number of nitrogens with two attached hydrogens (primary N) is 1. The average molecular weight is 215 g/mol. The maximum atomic E-state index is 11.8. The molecule has 0 aromatic carbocycles. The molecule has 0 bridgehead atoms. The number of likely N-dealkylation sites (N-methyl/N-ethyl adjacent to an activating group) is 1. The molecule has 0 aliphatic rings. The molecule has 4 heteroatoms. The first-order chi connectivity index (χ1) is 6.99. The number of hydrogen-bond acceptors (Lipinski definition) is 3. The predicted molar refractivity (Wildman–Crippen MR) is 63.6 cm³/mol. The second kappa shape index (κ2) is 7.65. The highest BCUT2D eigenvalue weighted by Gasteiger charge is 2.20. The summed E-state index contributed by atoms with van der Waals surface area (Å²) in [6.45, 7) is 5.73. The first-order valence-electron chi connectivity index (χ1n) is 5.63. The van der Waals surface area contributed by atoms with Gasteiger partial charge in [0, 0.05) is 14.1 Å². The molecule has 0 fully saturated rings. The van der Waals surface area contributed by atoms with Gasteiger partial charge in [0.2, 0.25) is 5.91 Å². The Hall–Kier alpha value is -0.610. The van der Waals surface area contributed by atoms with Gasteiger partial charge in [-0.15, -0.1) is 0 Å². The highest BCUT2D eigenvalue weighted by atomic mass is 16.2. The number of rotatable bonds is 7. The summed E-state index contributed by atoms with van der Waals surface area (Å²) in [5.74, 6) is 0.671. The molecule has 3 N–H and O–H groups in total. The van der Waals surface area contributed by atoms with Gasteiger partial charge in [0.1, 0.15) is 0 Å². The third-order valence-corrected chi connectivity index (χ3v) is 2.22. The molecule has 1 atom stereocenters. The molecule has 0 aromatic rings. The lowest BCUT2D eigenvalue weighted by Gasteiger charge is -2.23. The fourth-order valence-electron chi connectivity index (χ4n) is 1.43. The van der Waals surface area contributed by atoms with Crippen molar-refractivity contribution in [3.05, 3.63) is 0 Å². The van der Waals surface area contributed by atoms with Gasteiger partial charge < -0.3 is 16.0 Å². The van der Waals surface area contributed by atoms with Crippen molar-refractivity contribution in [1.82, 2.24) is 10.2 Å². The summed E-state index contributed by atoms with van der Waals surface area (Å²) in [7, 11) is 3.58. The summed E-state index contributed by atoms with van der Waals surface area (Å²) >= 11 is 0. The molecule has 0 radical (unpaired) electrons. The van der Waals surface area contributed by atoms with Crippen LogP contribution in [0.5, 0.6) is 0 Å². The van der Waals surface area contributed by atoms with Crippen LogP contribution in [0.3, 0.4) is 0 Å². The average Bonchev–Trinajstić information content (AvgIpc) is 2.14. The highest BCUT2D eigenvalue weighted by molar-refractivity contribution is 5.81. The molecule has 0 aliphatic heterocycles. The van der Waals surface area contributed by atoms with E-state index >= 15 is 0 Å². The van der Waals surface area contributed by atoms with Crippen LogP contribution in [0.1, 0.15) is 26.7 Å². The van der Waals surface area contributed by atoms with Crippen molar-refractivity contribution in [2.24, 2.45) is 11.7 Å². The first kappa shape index (κ1) is 14.4. The molecule has 90 valence electrons. The predicted octanol–water partition coefficient (Wildman–Crippen LogP) is 0.428. The fraction of sp³-hybridized carbons (Fsp3) is 0.909. The van der Waals surface area contributed by atoms with Crippen LogP contribution in [-0.2, 0) is 4.79 Å². The monoisotopic (exact) mass is 215 g/mol. The third-order valence-electron chi connectivity index (χ3n) is 2.22. The molecular weight excluding hydrogens is 190 g/mol. The van der Waals surface area contributed by atoms with Gasteiger partial charge in [0.15, 0.2) is 0 Å². The van der Waals surface area contributed by atoms with E-state index in [1.54, 1.807) is 19.0 Å². The Bertz CT molecular complexity index is 181. The Morgan fingerprint density at radius 3 is 2.40 bits per heavy atom. The summed E-state index contributed by atoms with van der Waals surface area (Å²) in [4.78, 5) is 13.4. The molecule has 0 heterocycles. The van der Waals surface area contributed by atoms with Crippen LogP contribution in [0.25, 0.3) is 0 Å². The smallest absolute Gasteiger partial charge is 0.239 e. The normalized spacial score (nSPS) is 12.9. The lowest BCUT2D eigenvalue weighted by atomic mass is 10.0. The minimum absolute atomic E-state index is 0.0634. The van der Waals surface area contributed by atoms with Gasteiger partial charge in [0.25, 0.3) is 0 Å². The standard InChI is InChI=1S/C11H25N3O/c1-9(2)8-10(11(15)14(3)4)13-7-5-6-12/h9-10,13H,5-8,12H2,1-4H3. The molecule has 0 aromatic heterocycles. The number of carbonyl (C=O) groups excluding carboxylic acids is 1. The maximum absolute atomic E-state index is 11.8. The van der Waals surface area contributed by atoms with Crippen LogP contribution in [-0.4, -0.2) is 44.0 Å². The summed E-state index contributed by atoms with van der Waals surface area (Å²) in [6, 6.07) is -0.0634. The van der Waals surface area contributed by atoms with Gasteiger partial charge in [-0.1, -0.05) is 13.8 Å². The number of carbonyl (C=O) groups is 1. The number of nitrogens with zero attached hydrogens (tertiary/aromatic N) is 1. The summed E-state index contributed by atoms with van der Waals surface area (Å²) in [6.07, 6.45) is 1.79. The van der Waals surface area contributed by atoms with Crippen LogP contribution in [0, 0.1) is 5.92 Å². The summed E-state index contributed by atoms with van der Waals surface area (Å²) in [5.41, 5.74) is 5.42. The van der Waals surface area contributed by atoms with E-state index in [2.05, 4.69) is 19.2 Å². The van der Waals surface area contributed by atoms with Crippen LogP contribution in [0.2, 0.25) is 0 Å². The first-order valence-corrected chi connectivity index (χ1v) is 5.63. The van der Waals surface area contributed by atoms with E-state index in [9.17, 15) is 4.79 Å². The number of hydrogen-bond donors (Lipinski definition) is 2. The number of nitrogens with one attached hydrogen (secondary N) is 1. The number of amides is 1. The fourth-order valence-corrected chi connectivity index (χ4v) is 1.43. The zero-order valence-electron chi connectivity index (χ0n) is 10.4. The summed E-state index contributed by atoms with van der Waals surface area (Å²) in [5, 5.41) is 3.26. The molecule has 0 saturated heterocycles. The molecule has 15 heavy (non-hydrogen) atoms. The van der Waals surface area contributed by atoms with Crippen LogP contribution in [0.4, 0.5) is 0 Å². The quantitative estimate of drug-likeness (QED) is 0.605. The molecule has 0 saturated carbocycles. The van der Waals surface area contributed by atoms with Gasteiger partial charge in [-0.2, -0.15) is 0 Å². The molecule has 0 aliphatic carbocycles. The van der Waals surface area contributed by atoms with Crippen molar-refractivity contribution in [2.45, 2.75) is 32.7 Å². The Morgan fingerprint density at radius 2 is 2.00 bits per heavy atom. The van der Waals surface area contributed by atoms with Gasteiger partial charge in [-0.05, 0) is 31.8 Å². The van der Waals surface area contributed by atoms with Crippen molar-refractivity contribution in [3.63, 3.8) is 0 Å². The third kappa shape index (κ3) is 6.47. The molecule has 0 spiro atoms. The van der Waals surface area contributed by atoms with E-state index < -0.39 is 0 Å². The SMILES string of the molecule is CC(C)CC(NCCCN)C(=O)N(C)C. The second-order valence-electron chi connectivity index (χ2n) is 4.51. The molecule has 1 amide bonds. The molecule has 1 unspecified atom stereocenters. The Labute approximate surface area is 93.2 Å². The van der Waals surface area contributed by atoms with E-state index in [0.717, 1.165) is 19.4 Å². The zero-order valence-corrected chi connectivity index (χ0v) is 10.4. The van der Waals surface area contributed by atoms with Crippen LogP contribution < -0.4 is 11.1 Å². The van der Waals surface area contributed by atoms with Crippen molar-refractivity contribution >= 4 is 5.91 Å². The molecule has 0 rings (SSSR count). The lowest BCUT2D eigenvalue weighted by Crippen LogP contribution is -2.45. The van der Waals surface area contributed by atoms with Gasteiger partial charge in [-0.25, -0.2) is 0 Å². The Kier molecular flexibility index (Phi) is 7.34. The largest absolute Gasteiger partial charge is 0.347 e. The lowest BCUT2D eigenvalue weighted by molar-refractivity contribution is -0.131. The minimum Gasteiger partial charge on any atom is -0.347 e. The van der Waals surface area contributed by atoms with Crippen molar-refractivity contribution < 1.29 is 4.79 Å². The van der Waals surface area contributed by atoms with E-state index in [4.69, 9.17) is 5.73 Å². The van der Waals surface area contributed by atoms with Crippen LogP contribution >= 0.6 is 0 Å². The zero-order chi connectivity index (χ0) is 11.8. The Morgan fingerprint density at radius 1 is 1.40 bits per heavy atom. The second-order valence-corrected chi connectivity index (χ2v) is 4.51. The highest BCUT2D eigenvalue weighted by Crippen LogP contribution is 2.06. The minimum atomic E-state index is -0.0634. The van der Waals surface area contributed by atoms with E-state index in [1.165, 1.54) is 0 Å². The van der Waals surface area contributed by atoms with Gasteiger partial charge in [-0.3, -0.25) is 4.79 Å². The van der Waals surface area contributed by atoms with Gasteiger partial charge >= 0.3 is 0 Å². The molecular formula is C11H25N3O. The van der Waals surface area contributed by atoms with Crippen molar-refractivity contribution in [2.75, 3.05) is 27.2 Å². The van der Waals surface area contributed by atoms with Crippen molar-refractivity contribution in [3.8, 4) is 0 Å².